The third kappa shape index (κ3) is 2.03. The Bertz CT molecular complexity index is 263. The van der Waals surface area contributed by atoms with Gasteiger partial charge in [0, 0.05) is 6.20 Å². The molecule has 0 saturated heterocycles. The first-order valence-electron chi connectivity index (χ1n) is 4.05. The lowest BCUT2D eigenvalue weighted by Crippen LogP contribution is -1.99. The minimum atomic E-state index is -0.0938. The fraction of sp³-hybridized carbons (Fsp3) is 0.444. The summed E-state index contributed by atoms with van der Waals surface area (Å²) in [6, 6.07) is 5.87. The number of hydrogen-bond donors (Lipinski definition) is 0. The van der Waals surface area contributed by atoms with Crippen LogP contribution >= 0.6 is 0 Å². The molecule has 0 saturated carbocycles. The van der Waals surface area contributed by atoms with Gasteiger partial charge in [-0.15, -0.1) is 0 Å². The number of nitriles is 1. The number of nitrogens with zero attached hydrogens (tertiary/aromatic N) is 3. The summed E-state index contributed by atoms with van der Waals surface area (Å²) in [5.74, 6) is -0.0938. The van der Waals surface area contributed by atoms with Gasteiger partial charge in [0.15, 0.2) is 0 Å². The van der Waals surface area contributed by atoms with Crippen molar-refractivity contribution in [1.29, 1.82) is 5.26 Å². The van der Waals surface area contributed by atoms with Gasteiger partial charge in [-0.05, 0) is 18.6 Å². The second-order valence-electron chi connectivity index (χ2n) is 2.62. The van der Waals surface area contributed by atoms with Crippen LogP contribution in [0.1, 0.15) is 31.4 Å². The zero-order valence-electron chi connectivity index (χ0n) is 7.07. The molecule has 1 rings (SSSR count). The summed E-state index contributed by atoms with van der Waals surface area (Å²) in [6.07, 6.45) is 3.47. The summed E-state index contributed by atoms with van der Waals surface area (Å²) in [5.41, 5.74) is 0.779. The minimum absolute atomic E-state index is 0.0938. The Morgan fingerprint density at radius 1 is 1.67 bits per heavy atom. The predicted octanol–water partition coefficient (Wildman–Crippen LogP) is 1.88. The molecule has 3 heteroatoms. The van der Waals surface area contributed by atoms with Crippen molar-refractivity contribution in [3.05, 3.63) is 24.0 Å². The van der Waals surface area contributed by atoms with E-state index in [1.54, 1.807) is 6.20 Å². The number of aromatic nitrogens is 2. The summed E-state index contributed by atoms with van der Waals surface area (Å²) in [4.78, 5) is 0. The van der Waals surface area contributed by atoms with E-state index in [0.717, 1.165) is 18.5 Å². The van der Waals surface area contributed by atoms with E-state index < -0.39 is 0 Å². The summed E-state index contributed by atoms with van der Waals surface area (Å²) in [6.45, 7) is 2.06. The monoisotopic (exact) mass is 161 g/mol. The minimum Gasteiger partial charge on any atom is -0.198 e. The second kappa shape index (κ2) is 4.45. The van der Waals surface area contributed by atoms with Crippen molar-refractivity contribution in [3.63, 3.8) is 0 Å². The third-order valence-electron chi connectivity index (χ3n) is 1.68. The van der Waals surface area contributed by atoms with Gasteiger partial charge in [0.2, 0.25) is 0 Å². The lowest BCUT2D eigenvalue weighted by Gasteiger charge is -2.03. The summed E-state index contributed by atoms with van der Waals surface area (Å²) in [5, 5.41) is 16.4. The summed E-state index contributed by atoms with van der Waals surface area (Å²) >= 11 is 0. The van der Waals surface area contributed by atoms with E-state index in [9.17, 15) is 0 Å². The Labute approximate surface area is 72.1 Å². The molecule has 1 unspecified atom stereocenters. The molecule has 0 radical (unpaired) electrons. The summed E-state index contributed by atoms with van der Waals surface area (Å²) < 4.78 is 0. The van der Waals surface area contributed by atoms with Gasteiger partial charge in [0.25, 0.3) is 0 Å². The number of hydrogen-bond acceptors (Lipinski definition) is 3. The molecule has 1 atom stereocenters. The first-order valence-corrected chi connectivity index (χ1v) is 4.05. The van der Waals surface area contributed by atoms with E-state index in [2.05, 4.69) is 23.2 Å². The molecule has 1 aromatic heterocycles. The van der Waals surface area contributed by atoms with Crippen LogP contribution in [0, 0.1) is 11.3 Å². The maximum atomic E-state index is 8.79. The van der Waals surface area contributed by atoms with Gasteiger partial charge in [0.05, 0.1) is 17.7 Å². The molecule has 0 fully saturated rings. The van der Waals surface area contributed by atoms with Crippen molar-refractivity contribution in [2.45, 2.75) is 25.7 Å². The molecular weight excluding hydrogens is 150 g/mol. The first kappa shape index (κ1) is 8.66. The molecule has 0 N–H and O–H groups in total. The Balaban J connectivity index is 2.75. The Kier molecular flexibility index (Phi) is 3.21. The average Bonchev–Trinajstić information content (AvgIpc) is 2.15. The van der Waals surface area contributed by atoms with E-state index in [4.69, 9.17) is 5.26 Å². The molecule has 1 heterocycles. The van der Waals surface area contributed by atoms with Crippen molar-refractivity contribution in [1.82, 2.24) is 10.2 Å². The zero-order valence-corrected chi connectivity index (χ0v) is 7.07. The molecule has 1 aromatic rings. The predicted molar refractivity (Wildman–Crippen MR) is 45.3 cm³/mol. The fourth-order valence-electron chi connectivity index (χ4n) is 1.07. The van der Waals surface area contributed by atoms with Gasteiger partial charge in [-0.3, -0.25) is 0 Å². The average molecular weight is 161 g/mol. The molecule has 0 amide bonds. The molecular formula is C9H11N3. The zero-order chi connectivity index (χ0) is 8.81. The molecule has 0 aliphatic heterocycles. The van der Waals surface area contributed by atoms with Gasteiger partial charge in [-0.25, -0.2) is 0 Å². The van der Waals surface area contributed by atoms with Crippen LogP contribution in [-0.4, -0.2) is 10.2 Å². The van der Waals surface area contributed by atoms with Gasteiger partial charge < -0.3 is 0 Å². The van der Waals surface area contributed by atoms with Crippen molar-refractivity contribution in [2.24, 2.45) is 0 Å². The number of rotatable bonds is 3. The van der Waals surface area contributed by atoms with Crippen LogP contribution in [0.5, 0.6) is 0 Å². The van der Waals surface area contributed by atoms with Crippen LogP contribution in [0.3, 0.4) is 0 Å². The standard InChI is InChI=1S/C9H11N3/c1-2-4-8(7-10)9-5-3-6-11-12-9/h3,5-6,8H,2,4H2,1H3. The molecule has 0 aliphatic rings. The smallest absolute Gasteiger partial charge is 0.0903 e. The quantitative estimate of drug-likeness (QED) is 0.680. The van der Waals surface area contributed by atoms with Crippen LogP contribution in [0.15, 0.2) is 18.3 Å². The Morgan fingerprint density at radius 3 is 3.00 bits per heavy atom. The van der Waals surface area contributed by atoms with Crippen molar-refractivity contribution < 1.29 is 0 Å². The van der Waals surface area contributed by atoms with Gasteiger partial charge >= 0.3 is 0 Å². The topological polar surface area (TPSA) is 49.6 Å². The van der Waals surface area contributed by atoms with E-state index in [-0.39, 0.29) is 5.92 Å². The Hall–Kier alpha value is -1.43. The highest BCUT2D eigenvalue weighted by Crippen LogP contribution is 2.16. The highest BCUT2D eigenvalue weighted by Gasteiger charge is 2.09. The summed E-state index contributed by atoms with van der Waals surface area (Å²) in [7, 11) is 0. The van der Waals surface area contributed by atoms with Crippen LogP contribution in [0.2, 0.25) is 0 Å². The molecule has 0 bridgehead atoms. The van der Waals surface area contributed by atoms with E-state index >= 15 is 0 Å². The fourth-order valence-corrected chi connectivity index (χ4v) is 1.07. The maximum Gasteiger partial charge on any atom is 0.0903 e. The SMILES string of the molecule is CCCC(C#N)c1cccnn1. The molecule has 3 nitrogen and oxygen atoms in total. The van der Waals surface area contributed by atoms with Crippen molar-refractivity contribution in [2.75, 3.05) is 0 Å². The molecule has 12 heavy (non-hydrogen) atoms. The van der Waals surface area contributed by atoms with Gasteiger partial charge in [-0.2, -0.15) is 15.5 Å². The van der Waals surface area contributed by atoms with Crippen molar-refractivity contribution in [3.8, 4) is 6.07 Å². The van der Waals surface area contributed by atoms with E-state index in [1.165, 1.54) is 0 Å². The van der Waals surface area contributed by atoms with E-state index in [1.807, 2.05) is 12.1 Å². The molecule has 0 aromatic carbocycles. The van der Waals surface area contributed by atoms with Gasteiger partial charge in [-0.1, -0.05) is 13.3 Å². The Morgan fingerprint density at radius 2 is 2.50 bits per heavy atom. The molecule has 0 spiro atoms. The van der Waals surface area contributed by atoms with Crippen LogP contribution in [0.4, 0.5) is 0 Å². The van der Waals surface area contributed by atoms with E-state index in [0.29, 0.717) is 0 Å². The second-order valence-corrected chi connectivity index (χ2v) is 2.62. The van der Waals surface area contributed by atoms with Crippen LogP contribution in [-0.2, 0) is 0 Å². The van der Waals surface area contributed by atoms with Crippen LogP contribution < -0.4 is 0 Å². The van der Waals surface area contributed by atoms with Crippen molar-refractivity contribution >= 4 is 0 Å². The third-order valence-corrected chi connectivity index (χ3v) is 1.68. The normalized spacial score (nSPS) is 12.0. The molecule has 0 aliphatic carbocycles. The maximum absolute atomic E-state index is 8.79. The lowest BCUT2D eigenvalue weighted by atomic mass is 10.0. The molecule has 62 valence electrons. The largest absolute Gasteiger partial charge is 0.198 e. The van der Waals surface area contributed by atoms with Gasteiger partial charge in [0.1, 0.15) is 0 Å². The van der Waals surface area contributed by atoms with Crippen LogP contribution in [0.25, 0.3) is 0 Å². The highest BCUT2D eigenvalue weighted by molar-refractivity contribution is 5.14. The lowest BCUT2D eigenvalue weighted by molar-refractivity contribution is 0.695. The highest BCUT2D eigenvalue weighted by atomic mass is 15.1. The first-order chi connectivity index (χ1) is 5.88.